The summed E-state index contributed by atoms with van der Waals surface area (Å²) < 4.78 is 40.2. The molecule has 3 N–H and O–H groups in total. The molecule has 0 spiro atoms. The number of alkyl halides is 3. The monoisotopic (exact) mass is 497 g/mol. The lowest BCUT2D eigenvalue weighted by Gasteiger charge is -2.46. The Balaban J connectivity index is 1.46. The normalized spacial score (nSPS) is 42.5. The molecule has 1 saturated heterocycles. The Morgan fingerprint density at radius 3 is 2.63 bits per heavy atom. The first-order chi connectivity index (χ1) is 16.3. The van der Waals surface area contributed by atoms with Crippen LogP contribution in [0.15, 0.2) is 35.5 Å². The Morgan fingerprint density at radius 1 is 1.17 bits per heavy atom. The van der Waals surface area contributed by atoms with E-state index >= 15 is 0 Å². The van der Waals surface area contributed by atoms with E-state index < -0.39 is 24.0 Å². The minimum atomic E-state index is -4.59. The second-order valence-electron chi connectivity index (χ2n) is 12.0. The first kappa shape index (κ1) is 26.9. The quantitative estimate of drug-likeness (QED) is 0.503. The van der Waals surface area contributed by atoms with Crippen LogP contribution in [0.4, 0.5) is 13.2 Å². The third-order valence-corrected chi connectivity index (χ3v) is 9.61. The fourth-order valence-corrected chi connectivity index (χ4v) is 7.72. The van der Waals surface area contributed by atoms with E-state index in [1.165, 1.54) is 5.57 Å². The summed E-state index contributed by atoms with van der Waals surface area (Å²) >= 11 is 0. The topological polar surface area (TPSA) is 63.9 Å². The third-order valence-electron chi connectivity index (χ3n) is 9.61. The molecular weight excluding hydrogens is 455 g/mol. The summed E-state index contributed by atoms with van der Waals surface area (Å²) in [5.41, 5.74) is 0.546. The standard InChI is InChI=1S/C28H42F3NO3/c1-18(16-32-13-5-12-27(35,17-32)28(29,30)31)23-9-10-24-20(6-4-11-26(23,24)3)7-8-21-14-22(33)15-25(34)19(21)2/h7-8,18,22-25,33-35H,2,4-6,9-17H2,1,3H3/b20-7+,21-8-/t18-,22+,23+,24-,25-,26+,27?/m0/s1. The molecule has 3 aliphatic carbocycles. The first-order valence-electron chi connectivity index (χ1n) is 13.3. The molecule has 7 heteroatoms. The number of aliphatic hydroxyl groups excluding tert-OH is 2. The van der Waals surface area contributed by atoms with Crippen molar-refractivity contribution in [1.29, 1.82) is 0 Å². The van der Waals surface area contributed by atoms with Gasteiger partial charge in [-0.2, -0.15) is 13.2 Å². The number of aliphatic hydroxyl groups is 3. The first-order valence-corrected chi connectivity index (χ1v) is 13.3. The molecule has 0 radical (unpaired) electrons. The van der Waals surface area contributed by atoms with Gasteiger partial charge < -0.3 is 15.3 Å². The van der Waals surface area contributed by atoms with Crippen molar-refractivity contribution in [3.8, 4) is 0 Å². The van der Waals surface area contributed by atoms with Crippen LogP contribution in [0.25, 0.3) is 0 Å². The maximum Gasteiger partial charge on any atom is 0.418 e. The number of rotatable bonds is 4. The van der Waals surface area contributed by atoms with Gasteiger partial charge >= 0.3 is 6.18 Å². The molecule has 0 aromatic carbocycles. The summed E-state index contributed by atoms with van der Waals surface area (Å²) in [5.74, 6) is 1.13. The van der Waals surface area contributed by atoms with Crippen molar-refractivity contribution in [2.45, 2.75) is 95.6 Å². The molecule has 0 amide bonds. The van der Waals surface area contributed by atoms with Gasteiger partial charge in [0.25, 0.3) is 0 Å². The molecule has 198 valence electrons. The van der Waals surface area contributed by atoms with Gasteiger partial charge in [0.15, 0.2) is 5.60 Å². The number of allylic oxidation sites excluding steroid dienone is 3. The molecule has 4 nitrogen and oxygen atoms in total. The minimum absolute atomic E-state index is 0.112. The number of β-amino-alcohol motifs (C(OH)–C–C–N with tert-alkyl or cyclic N) is 1. The van der Waals surface area contributed by atoms with Crippen molar-refractivity contribution < 1.29 is 28.5 Å². The SMILES string of the molecule is C=C1/C(=C\C=C2/CCC[C@]3(C)[C@@H]([C@@H](C)CN4CCCC(O)(C(F)(F)F)C4)CC[C@@H]23)C[C@@H](O)C[C@@H]1O. The van der Waals surface area contributed by atoms with E-state index in [9.17, 15) is 28.5 Å². The highest BCUT2D eigenvalue weighted by Gasteiger charge is 2.56. The Kier molecular flexibility index (Phi) is 7.65. The van der Waals surface area contributed by atoms with E-state index in [1.807, 2.05) is 11.0 Å². The molecule has 0 aromatic heterocycles. The third kappa shape index (κ3) is 5.29. The van der Waals surface area contributed by atoms with Gasteiger partial charge in [-0.1, -0.05) is 38.2 Å². The number of hydrogen-bond donors (Lipinski definition) is 3. The van der Waals surface area contributed by atoms with E-state index in [0.717, 1.165) is 37.7 Å². The second-order valence-corrected chi connectivity index (χ2v) is 12.0. The molecule has 4 rings (SSSR count). The van der Waals surface area contributed by atoms with E-state index in [0.29, 0.717) is 49.8 Å². The number of halogens is 3. The minimum Gasteiger partial charge on any atom is -0.393 e. The predicted octanol–water partition coefficient (Wildman–Crippen LogP) is 5.15. The van der Waals surface area contributed by atoms with Gasteiger partial charge in [-0.05, 0) is 92.2 Å². The second kappa shape index (κ2) is 9.96. The molecule has 1 aliphatic heterocycles. The van der Waals surface area contributed by atoms with E-state index in [-0.39, 0.29) is 24.3 Å². The number of piperidine rings is 1. The van der Waals surface area contributed by atoms with Crippen LogP contribution in [0, 0.1) is 23.2 Å². The average molecular weight is 498 g/mol. The van der Waals surface area contributed by atoms with Crippen LogP contribution >= 0.6 is 0 Å². The van der Waals surface area contributed by atoms with E-state index in [1.54, 1.807) is 0 Å². The summed E-state index contributed by atoms with van der Waals surface area (Å²) in [4.78, 5) is 1.83. The van der Waals surface area contributed by atoms with Crippen LogP contribution in [-0.2, 0) is 0 Å². The summed E-state index contributed by atoms with van der Waals surface area (Å²) in [6.45, 7) is 9.43. The average Bonchev–Trinajstić information content (AvgIpc) is 3.12. The maximum atomic E-state index is 13.4. The van der Waals surface area contributed by atoms with Gasteiger partial charge in [-0.3, -0.25) is 4.90 Å². The van der Waals surface area contributed by atoms with Gasteiger partial charge in [-0.25, -0.2) is 0 Å². The lowest BCUT2D eigenvalue weighted by Crippen LogP contribution is -2.57. The summed E-state index contributed by atoms with van der Waals surface area (Å²) in [6.07, 6.45) is 4.80. The molecule has 4 fully saturated rings. The van der Waals surface area contributed by atoms with Crippen LogP contribution in [0.2, 0.25) is 0 Å². The molecule has 3 saturated carbocycles. The van der Waals surface area contributed by atoms with Crippen molar-refractivity contribution >= 4 is 0 Å². The van der Waals surface area contributed by atoms with Gasteiger partial charge in [0.1, 0.15) is 0 Å². The molecule has 1 unspecified atom stereocenters. The number of likely N-dealkylation sites (tertiary alicyclic amines) is 1. The lowest BCUT2D eigenvalue weighted by atomic mass is 9.61. The molecule has 7 atom stereocenters. The van der Waals surface area contributed by atoms with Gasteiger partial charge in [0, 0.05) is 19.5 Å². The Bertz CT molecular complexity index is 868. The fraction of sp³-hybridized carbons (Fsp3) is 0.786. The highest BCUT2D eigenvalue weighted by Crippen LogP contribution is 2.59. The molecule has 0 bridgehead atoms. The molecule has 35 heavy (non-hydrogen) atoms. The highest BCUT2D eigenvalue weighted by molar-refractivity contribution is 5.38. The summed E-state index contributed by atoms with van der Waals surface area (Å²) in [5, 5.41) is 30.4. The van der Waals surface area contributed by atoms with Crippen molar-refractivity contribution in [2.75, 3.05) is 19.6 Å². The van der Waals surface area contributed by atoms with Gasteiger partial charge in [0.05, 0.1) is 12.2 Å². The van der Waals surface area contributed by atoms with Crippen molar-refractivity contribution in [3.05, 3.63) is 35.5 Å². The molecule has 4 aliphatic rings. The number of hydrogen-bond acceptors (Lipinski definition) is 4. The summed E-state index contributed by atoms with van der Waals surface area (Å²) in [7, 11) is 0. The molecular formula is C28H42F3NO3. The predicted molar refractivity (Wildman–Crippen MR) is 131 cm³/mol. The smallest absolute Gasteiger partial charge is 0.393 e. The Morgan fingerprint density at radius 2 is 1.91 bits per heavy atom. The van der Waals surface area contributed by atoms with Crippen LogP contribution in [0.3, 0.4) is 0 Å². The van der Waals surface area contributed by atoms with Crippen LogP contribution < -0.4 is 0 Å². The van der Waals surface area contributed by atoms with Crippen LogP contribution in [0.1, 0.15) is 71.6 Å². The van der Waals surface area contributed by atoms with E-state index in [4.69, 9.17) is 0 Å². The van der Waals surface area contributed by atoms with Crippen molar-refractivity contribution in [2.24, 2.45) is 23.2 Å². The zero-order valence-electron chi connectivity index (χ0n) is 21.2. The summed E-state index contributed by atoms with van der Waals surface area (Å²) in [6, 6.07) is 0. The zero-order valence-corrected chi connectivity index (χ0v) is 21.2. The number of fused-ring (bicyclic) bond motifs is 1. The van der Waals surface area contributed by atoms with Crippen LogP contribution in [0.5, 0.6) is 0 Å². The maximum absolute atomic E-state index is 13.4. The van der Waals surface area contributed by atoms with Crippen molar-refractivity contribution in [1.82, 2.24) is 4.90 Å². The Labute approximate surface area is 207 Å². The van der Waals surface area contributed by atoms with Crippen LogP contribution in [-0.4, -0.2) is 63.8 Å². The van der Waals surface area contributed by atoms with E-state index in [2.05, 4.69) is 26.5 Å². The van der Waals surface area contributed by atoms with Gasteiger partial charge in [0.2, 0.25) is 0 Å². The number of nitrogens with zero attached hydrogens (tertiary/aromatic N) is 1. The fourth-order valence-electron chi connectivity index (χ4n) is 7.72. The largest absolute Gasteiger partial charge is 0.418 e. The lowest BCUT2D eigenvalue weighted by molar-refractivity contribution is -0.274. The Hall–Kier alpha value is -1.15. The van der Waals surface area contributed by atoms with Gasteiger partial charge in [-0.15, -0.1) is 0 Å². The zero-order chi connectivity index (χ0) is 25.6. The molecule has 0 aromatic rings. The molecule has 1 heterocycles. The highest BCUT2D eigenvalue weighted by atomic mass is 19.4. The van der Waals surface area contributed by atoms with Crippen molar-refractivity contribution in [3.63, 3.8) is 0 Å².